The lowest BCUT2D eigenvalue weighted by Gasteiger charge is -2.45. The summed E-state index contributed by atoms with van der Waals surface area (Å²) in [6, 6.07) is 25.3. The minimum atomic E-state index is -0.188. The topological polar surface area (TPSA) is 77.2 Å². The minimum Gasteiger partial charge on any atom is -0.353 e. The summed E-state index contributed by atoms with van der Waals surface area (Å²) >= 11 is 18.9. The quantitative estimate of drug-likeness (QED) is 0.155. The standard InChI is InChI=1S/C36H37Cl3N6O/c1-3-29(24-12-15-30(38)31(39)22-24)34(44(2)35(46)23-10-13-26(37)14-11-23)45-19-16-27(17-20-45)41-36-42-32-9-6-7-25(33(32)43-36)21-28-8-4-5-18-40-28/h4-15,18,22,27,29,34H,3,16-17,19-21H2,1-2H3,(H2,41,42,43). The molecule has 0 saturated carbocycles. The molecule has 0 spiro atoms. The first-order valence-corrected chi connectivity index (χ1v) is 16.8. The number of benzene rings is 3. The fourth-order valence-corrected chi connectivity index (χ4v) is 6.98. The second-order valence-corrected chi connectivity index (χ2v) is 13.1. The van der Waals surface area contributed by atoms with Crippen LogP contribution in [0.15, 0.2) is 85.1 Å². The summed E-state index contributed by atoms with van der Waals surface area (Å²) < 4.78 is 0. The Morgan fingerprint density at radius 1 is 1.00 bits per heavy atom. The van der Waals surface area contributed by atoms with E-state index in [9.17, 15) is 4.79 Å². The number of fused-ring (bicyclic) bond motifs is 1. The number of halogens is 3. The van der Waals surface area contributed by atoms with E-state index in [1.165, 1.54) is 0 Å². The maximum absolute atomic E-state index is 13.8. The molecule has 2 atom stereocenters. The van der Waals surface area contributed by atoms with Gasteiger partial charge in [-0.1, -0.05) is 66.0 Å². The van der Waals surface area contributed by atoms with Gasteiger partial charge >= 0.3 is 0 Å². The summed E-state index contributed by atoms with van der Waals surface area (Å²) in [6.07, 6.45) is 4.97. The summed E-state index contributed by atoms with van der Waals surface area (Å²) in [5.74, 6) is 0.744. The molecular weight excluding hydrogens is 639 g/mol. The van der Waals surface area contributed by atoms with Crippen LogP contribution in [-0.2, 0) is 6.42 Å². The predicted molar refractivity (Wildman–Crippen MR) is 188 cm³/mol. The number of likely N-dealkylation sites (N-methyl/N-ethyl adjacent to an activating group) is 1. The molecule has 46 heavy (non-hydrogen) atoms. The molecule has 6 rings (SSSR count). The monoisotopic (exact) mass is 674 g/mol. The zero-order chi connectivity index (χ0) is 32.2. The summed E-state index contributed by atoms with van der Waals surface area (Å²) in [5, 5.41) is 5.29. The number of likely N-dealkylation sites (tertiary alicyclic amines) is 1. The Balaban J connectivity index is 1.20. The molecule has 2 unspecified atom stereocenters. The van der Waals surface area contributed by atoms with Crippen LogP contribution in [0.4, 0.5) is 5.95 Å². The Kier molecular flexibility index (Phi) is 10.1. The summed E-state index contributed by atoms with van der Waals surface area (Å²) in [4.78, 5) is 31.0. The van der Waals surface area contributed by atoms with Crippen molar-refractivity contribution in [2.75, 3.05) is 25.5 Å². The number of para-hydroxylation sites is 1. The molecule has 10 heteroatoms. The van der Waals surface area contributed by atoms with Gasteiger partial charge in [-0.2, -0.15) is 0 Å². The fraction of sp³-hybridized carbons (Fsp3) is 0.306. The van der Waals surface area contributed by atoms with Crippen molar-refractivity contribution in [2.45, 2.75) is 50.7 Å². The van der Waals surface area contributed by atoms with Crippen molar-refractivity contribution in [1.29, 1.82) is 0 Å². The highest BCUT2D eigenvalue weighted by Crippen LogP contribution is 2.35. The smallest absolute Gasteiger partial charge is 0.254 e. The number of nitrogens with one attached hydrogen (secondary N) is 2. The van der Waals surface area contributed by atoms with Crippen molar-refractivity contribution in [1.82, 2.24) is 24.8 Å². The van der Waals surface area contributed by atoms with Crippen molar-refractivity contribution in [3.05, 3.63) is 123 Å². The highest BCUT2D eigenvalue weighted by Gasteiger charge is 2.36. The molecular formula is C36H37Cl3N6O. The minimum absolute atomic E-state index is 0.0217. The number of pyridine rings is 1. The number of amides is 1. The average Bonchev–Trinajstić information content (AvgIpc) is 3.49. The lowest BCUT2D eigenvalue weighted by Crippen LogP contribution is -2.55. The van der Waals surface area contributed by atoms with Gasteiger partial charge in [-0.3, -0.25) is 14.7 Å². The van der Waals surface area contributed by atoms with E-state index in [0.717, 1.165) is 72.6 Å². The Morgan fingerprint density at radius 3 is 2.48 bits per heavy atom. The Bertz CT molecular complexity index is 1790. The number of carbonyl (C=O) groups excluding carboxylic acids is 1. The van der Waals surface area contributed by atoms with E-state index in [4.69, 9.17) is 39.8 Å². The molecule has 3 heterocycles. The molecule has 1 amide bonds. The van der Waals surface area contributed by atoms with E-state index in [1.54, 1.807) is 24.3 Å². The molecule has 5 aromatic rings. The highest BCUT2D eigenvalue weighted by molar-refractivity contribution is 6.42. The lowest BCUT2D eigenvalue weighted by atomic mass is 9.90. The maximum atomic E-state index is 13.8. The Morgan fingerprint density at radius 2 is 1.78 bits per heavy atom. The molecule has 0 radical (unpaired) electrons. The molecule has 1 aliphatic rings. The van der Waals surface area contributed by atoms with E-state index >= 15 is 0 Å². The van der Waals surface area contributed by atoms with E-state index in [1.807, 2.05) is 54.5 Å². The van der Waals surface area contributed by atoms with Gasteiger partial charge in [0.1, 0.15) is 0 Å². The number of imidazole rings is 1. The molecule has 238 valence electrons. The van der Waals surface area contributed by atoms with Gasteiger partial charge in [0.2, 0.25) is 5.95 Å². The van der Waals surface area contributed by atoms with Gasteiger partial charge in [-0.15, -0.1) is 0 Å². The number of hydrogen-bond donors (Lipinski definition) is 2. The molecule has 7 nitrogen and oxygen atoms in total. The number of carbonyl (C=O) groups is 1. The van der Waals surface area contributed by atoms with Crippen LogP contribution in [0.5, 0.6) is 0 Å². The third-order valence-electron chi connectivity index (χ3n) is 8.92. The van der Waals surface area contributed by atoms with Crippen LogP contribution in [0.2, 0.25) is 15.1 Å². The van der Waals surface area contributed by atoms with Gasteiger partial charge in [0.25, 0.3) is 5.91 Å². The van der Waals surface area contributed by atoms with Gasteiger partial charge in [0, 0.05) is 61.0 Å². The lowest BCUT2D eigenvalue weighted by molar-refractivity contribution is 0.0201. The molecule has 2 N–H and O–H groups in total. The number of H-pyrrole nitrogens is 1. The molecule has 1 saturated heterocycles. The van der Waals surface area contributed by atoms with Gasteiger partial charge in [-0.05, 0) is 85.0 Å². The highest BCUT2D eigenvalue weighted by atomic mass is 35.5. The van der Waals surface area contributed by atoms with Crippen LogP contribution in [0, 0.1) is 0 Å². The number of piperidine rings is 1. The molecule has 0 bridgehead atoms. The van der Waals surface area contributed by atoms with Gasteiger partial charge in [-0.25, -0.2) is 4.98 Å². The first-order valence-electron chi connectivity index (χ1n) is 15.7. The Labute approximate surface area is 284 Å². The Hall–Kier alpha value is -3.62. The number of rotatable bonds is 10. The van der Waals surface area contributed by atoms with Crippen molar-refractivity contribution >= 4 is 57.7 Å². The first-order chi connectivity index (χ1) is 22.3. The number of aromatic amines is 1. The predicted octanol–water partition coefficient (Wildman–Crippen LogP) is 8.68. The summed E-state index contributed by atoms with van der Waals surface area (Å²) in [7, 11) is 1.89. The second kappa shape index (κ2) is 14.4. The third-order valence-corrected chi connectivity index (χ3v) is 9.91. The normalized spacial score (nSPS) is 15.5. The second-order valence-electron chi connectivity index (χ2n) is 11.9. The average molecular weight is 676 g/mol. The first kappa shape index (κ1) is 32.3. The molecule has 1 aliphatic heterocycles. The van der Waals surface area contributed by atoms with Crippen molar-refractivity contribution < 1.29 is 4.79 Å². The van der Waals surface area contributed by atoms with Crippen LogP contribution in [-0.4, -0.2) is 63.0 Å². The summed E-state index contributed by atoms with van der Waals surface area (Å²) in [5.41, 5.74) is 5.78. The van der Waals surface area contributed by atoms with Crippen LogP contribution >= 0.6 is 34.8 Å². The van der Waals surface area contributed by atoms with Crippen molar-refractivity contribution in [3.8, 4) is 0 Å². The third kappa shape index (κ3) is 7.18. The molecule has 0 aliphatic carbocycles. The van der Waals surface area contributed by atoms with Gasteiger partial charge < -0.3 is 15.2 Å². The van der Waals surface area contributed by atoms with Crippen LogP contribution in [0.25, 0.3) is 11.0 Å². The SMILES string of the molecule is CCC(c1ccc(Cl)c(Cl)c1)C(N1CCC(Nc2nc3c(Cc4ccccn4)cccc3[nH]2)CC1)N(C)C(=O)c1ccc(Cl)cc1. The maximum Gasteiger partial charge on any atom is 0.254 e. The van der Waals surface area contributed by atoms with Crippen molar-refractivity contribution in [3.63, 3.8) is 0 Å². The van der Waals surface area contributed by atoms with E-state index in [-0.39, 0.29) is 24.0 Å². The number of hydrogen-bond acceptors (Lipinski definition) is 5. The van der Waals surface area contributed by atoms with Gasteiger partial charge in [0.15, 0.2) is 0 Å². The van der Waals surface area contributed by atoms with E-state index in [2.05, 4.69) is 45.3 Å². The molecule has 3 aromatic carbocycles. The number of aromatic nitrogens is 3. The van der Waals surface area contributed by atoms with Crippen LogP contribution in [0.3, 0.4) is 0 Å². The van der Waals surface area contributed by atoms with Crippen LogP contribution in [0.1, 0.15) is 59.3 Å². The zero-order valence-corrected chi connectivity index (χ0v) is 28.2. The fourth-order valence-electron chi connectivity index (χ4n) is 6.55. The van der Waals surface area contributed by atoms with E-state index < -0.39 is 0 Å². The zero-order valence-electron chi connectivity index (χ0n) is 25.9. The number of nitrogens with zero attached hydrogens (tertiary/aromatic N) is 4. The molecule has 2 aromatic heterocycles. The molecule has 1 fully saturated rings. The van der Waals surface area contributed by atoms with Crippen LogP contribution < -0.4 is 5.32 Å². The summed E-state index contributed by atoms with van der Waals surface area (Å²) in [6.45, 7) is 3.77. The van der Waals surface area contributed by atoms with E-state index in [0.29, 0.717) is 20.6 Å². The van der Waals surface area contributed by atoms with Crippen molar-refractivity contribution in [2.24, 2.45) is 0 Å². The number of anilines is 1. The largest absolute Gasteiger partial charge is 0.353 e. The van der Waals surface area contributed by atoms with Gasteiger partial charge in [0.05, 0.1) is 27.2 Å².